The molecule has 1 aromatic carbocycles. The Morgan fingerprint density at radius 2 is 2.15 bits per heavy atom. The molecule has 1 saturated heterocycles. The number of ether oxygens (including phenoxy) is 1. The van der Waals surface area contributed by atoms with Gasteiger partial charge in [-0.05, 0) is 0 Å². The zero-order valence-electron chi connectivity index (χ0n) is 15.2. The summed E-state index contributed by atoms with van der Waals surface area (Å²) < 4.78 is 7.52. The molecule has 1 aliphatic heterocycles. The SMILES string of the molecule is Cn1cc(Nc2cc(NCC3CNCCO3)c(-c3ccccc3)nn2)cn1. The van der Waals surface area contributed by atoms with Gasteiger partial charge < -0.3 is 20.7 Å². The van der Waals surface area contributed by atoms with E-state index in [0.717, 1.165) is 42.3 Å². The molecule has 0 amide bonds. The maximum atomic E-state index is 5.79. The van der Waals surface area contributed by atoms with Crippen molar-refractivity contribution in [3.8, 4) is 11.3 Å². The van der Waals surface area contributed by atoms with Gasteiger partial charge in [0.2, 0.25) is 0 Å². The Hall–Kier alpha value is -2.97. The van der Waals surface area contributed by atoms with E-state index in [1.807, 2.05) is 49.6 Å². The van der Waals surface area contributed by atoms with Gasteiger partial charge in [-0.1, -0.05) is 30.3 Å². The first kappa shape index (κ1) is 17.4. The molecule has 1 fully saturated rings. The highest BCUT2D eigenvalue weighted by Gasteiger charge is 2.15. The van der Waals surface area contributed by atoms with Gasteiger partial charge >= 0.3 is 0 Å². The second-order valence-electron chi connectivity index (χ2n) is 6.46. The molecule has 8 heteroatoms. The van der Waals surface area contributed by atoms with E-state index in [9.17, 15) is 0 Å². The largest absolute Gasteiger partial charge is 0.380 e. The molecule has 1 aliphatic rings. The highest BCUT2D eigenvalue weighted by molar-refractivity contribution is 5.76. The summed E-state index contributed by atoms with van der Waals surface area (Å²) in [6, 6.07) is 12.0. The number of nitrogens with zero attached hydrogens (tertiary/aromatic N) is 4. The van der Waals surface area contributed by atoms with Crippen molar-refractivity contribution in [3.63, 3.8) is 0 Å². The number of rotatable bonds is 6. The zero-order valence-corrected chi connectivity index (χ0v) is 15.2. The van der Waals surface area contributed by atoms with Crippen LogP contribution in [0.2, 0.25) is 0 Å². The average molecular weight is 365 g/mol. The van der Waals surface area contributed by atoms with Crippen molar-refractivity contribution in [1.29, 1.82) is 0 Å². The van der Waals surface area contributed by atoms with Gasteiger partial charge in [-0.3, -0.25) is 4.68 Å². The van der Waals surface area contributed by atoms with Crippen LogP contribution in [0, 0.1) is 0 Å². The molecule has 2 aromatic heterocycles. The van der Waals surface area contributed by atoms with E-state index in [-0.39, 0.29) is 6.10 Å². The highest BCUT2D eigenvalue weighted by atomic mass is 16.5. The van der Waals surface area contributed by atoms with Gasteiger partial charge in [0, 0.05) is 44.5 Å². The molecule has 0 spiro atoms. The number of nitrogens with one attached hydrogen (secondary N) is 3. The van der Waals surface area contributed by atoms with Crippen molar-refractivity contribution >= 4 is 17.2 Å². The van der Waals surface area contributed by atoms with Crippen LogP contribution < -0.4 is 16.0 Å². The van der Waals surface area contributed by atoms with E-state index in [1.54, 1.807) is 10.9 Å². The third-order valence-corrected chi connectivity index (χ3v) is 4.34. The van der Waals surface area contributed by atoms with E-state index in [1.165, 1.54) is 0 Å². The van der Waals surface area contributed by atoms with Crippen LogP contribution in [0.25, 0.3) is 11.3 Å². The Labute approximate surface area is 158 Å². The first-order chi connectivity index (χ1) is 13.3. The first-order valence-electron chi connectivity index (χ1n) is 9.03. The summed E-state index contributed by atoms with van der Waals surface area (Å²) in [5, 5.41) is 23.0. The van der Waals surface area contributed by atoms with Crippen LogP contribution in [-0.4, -0.2) is 52.3 Å². The predicted octanol–water partition coefficient (Wildman–Crippen LogP) is 2.02. The van der Waals surface area contributed by atoms with Gasteiger partial charge in [0.25, 0.3) is 0 Å². The molecule has 0 radical (unpaired) electrons. The minimum absolute atomic E-state index is 0.130. The Bertz CT molecular complexity index is 875. The number of aryl methyl sites for hydroxylation is 1. The summed E-state index contributed by atoms with van der Waals surface area (Å²) in [6.45, 7) is 3.18. The fourth-order valence-electron chi connectivity index (χ4n) is 3.01. The molecule has 1 unspecified atom stereocenters. The number of benzene rings is 1. The molecule has 3 heterocycles. The molecule has 0 aliphatic carbocycles. The van der Waals surface area contributed by atoms with E-state index < -0.39 is 0 Å². The molecule has 27 heavy (non-hydrogen) atoms. The van der Waals surface area contributed by atoms with Crippen molar-refractivity contribution < 1.29 is 4.74 Å². The normalized spacial score (nSPS) is 16.9. The van der Waals surface area contributed by atoms with Crippen molar-refractivity contribution in [2.24, 2.45) is 7.05 Å². The van der Waals surface area contributed by atoms with Crippen LogP contribution in [0.5, 0.6) is 0 Å². The summed E-state index contributed by atoms with van der Waals surface area (Å²) in [5.41, 5.74) is 3.61. The fraction of sp³-hybridized carbons (Fsp3) is 0.316. The zero-order chi connectivity index (χ0) is 18.5. The van der Waals surface area contributed by atoms with E-state index in [4.69, 9.17) is 4.74 Å². The molecule has 140 valence electrons. The molecule has 8 nitrogen and oxygen atoms in total. The summed E-state index contributed by atoms with van der Waals surface area (Å²) in [4.78, 5) is 0. The smallest absolute Gasteiger partial charge is 0.155 e. The van der Waals surface area contributed by atoms with Crippen LogP contribution >= 0.6 is 0 Å². The Balaban J connectivity index is 1.58. The quantitative estimate of drug-likeness (QED) is 0.616. The molecule has 0 saturated carbocycles. The molecular weight excluding hydrogens is 342 g/mol. The summed E-state index contributed by atoms with van der Waals surface area (Å²) >= 11 is 0. The van der Waals surface area contributed by atoms with Gasteiger partial charge in [0.15, 0.2) is 5.82 Å². The topological polar surface area (TPSA) is 88.9 Å². The third kappa shape index (κ3) is 4.42. The second kappa shape index (κ2) is 8.15. The molecule has 0 bridgehead atoms. The van der Waals surface area contributed by atoms with Crippen molar-refractivity contribution in [1.82, 2.24) is 25.3 Å². The van der Waals surface area contributed by atoms with Crippen LogP contribution in [0.4, 0.5) is 17.2 Å². The minimum Gasteiger partial charge on any atom is -0.380 e. The van der Waals surface area contributed by atoms with Crippen LogP contribution in [-0.2, 0) is 11.8 Å². The summed E-state index contributed by atoms with van der Waals surface area (Å²) in [6.07, 6.45) is 3.77. The van der Waals surface area contributed by atoms with Crippen LogP contribution in [0.15, 0.2) is 48.8 Å². The number of aromatic nitrogens is 4. The summed E-state index contributed by atoms with van der Waals surface area (Å²) in [7, 11) is 1.88. The van der Waals surface area contributed by atoms with Crippen LogP contribution in [0.3, 0.4) is 0 Å². The summed E-state index contributed by atoms with van der Waals surface area (Å²) in [5.74, 6) is 0.660. The number of anilines is 3. The Morgan fingerprint density at radius 3 is 2.89 bits per heavy atom. The number of morpholine rings is 1. The monoisotopic (exact) mass is 365 g/mol. The maximum absolute atomic E-state index is 5.79. The van der Waals surface area contributed by atoms with Crippen molar-refractivity contribution in [2.75, 3.05) is 36.9 Å². The molecule has 3 aromatic rings. The van der Waals surface area contributed by atoms with Gasteiger partial charge in [0.1, 0.15) is 5.69 Å². The second-order valence-corrected chi connectivity index (χ2v) is 6.46. The van der Waals surface area contributed by atoms with Gasteiger partial charge in [-0.15, -0.1) is 10.2 Å². The predicted molar refractivity (Wildman–Crippen MR) is 105 cm³/mol. The van der Waals surface area contributed by atoms with Gasteiger partial charge in [-0.2, -0.15) is 5.10 Å². The molecule has 3 N–H and O–H groups in total. The first-order valence-corrected chi connectivity index (χ1v) is 9.03. The lowest BCUT2D eigenvalue weighted by Gasteiger charge is -2.24. The molecule has 4 rings (SSSR count). The van der Waals surface area contributed by atoms with E-state index >= 15 is 0 Å². The van der Waals surface area contributed by atoms with Gasteiger partial charge in [-0.25, -0.2) is 0 Å². The van der Waals surface area contributed by atoms with Gasteiger partial charge in [0.05, 0.1) is 30.3 Å². The maximum Gasteiger partial charge on any atom is 0.155 e. The lowest BCUT2D eigenvalue weighted by Crippen LogP contribution is -2.42. The van der Waals surface area contributed by atoms with Crippen molar-refractivity contribution in [3.05, 3.63) is 48.8 Å². The highest BCUT2D eigenvalue weighted by Crippen LogP contribution is 2.28. The third-order valence-electron chi connectivity index (χ3n) is 4.34. The number of hydrogen-bond donors (Lipinski definition) is 3. The van der Waals surface area contributed by atoms with Crippen LogP contribution in [0.1, 0.15) is 0 Å². The molecule has 1 atom stereocenters. The Morgan fingerprint density at radius 1 is 1.26 bits per heavy atom. The minimum atomic E-state index is 0.130. The van der Waals surface area contributed by atoms with E-state index in [0.29, 0.717) is 12.4 Å². The standard InChI is InChI=1S/C19H23N7O/c1-26-13-15(10-22-26)23-18-9-17(21-12-16-11-20-7-8-27-16)19(25-24-18)14-5-3-2-4-6-14/h2-6,9-10,13,16,20H,7-8,11-12H2,1H3,(H2,21,23,24). The number of hydrogen-bond acceptors (Lipinski definition) is 7. The Kier molecular flexibility index (Phi) is 5.27. The fourth-order valence-corrected chi connectivity index (χ4v) is 3.01. The lowest BCUT2D eigenvalue weighted by atomic mass is 10.1. The molecular formula is C19H23N7O. The van der Waals surface area contributed by atoms with E-state index in [2.05, 4.69) is 31.2 Å². The average Bonchev–Trinajstić information content (AvgIpc) is 3.12. The van der Waals surface area contributed by atoms with Crippen molar-refractivity contribution in [2.45, 2.75) is 6.10 Å². The lowest BCUT2D eigenvalue weighted by molar-refractivity contribution is 0.0372.